The van der Waals surface area contributed by atoms with Gasteiger partial charge >= 0.3 is 71.6 Å². The Morgan fingerprint density at radius 2 is 0.842 bits per heavy atom. The Balaban J connectivity index is 0.000000461. The number of aliphatic hydroxyl groups excluding tert-OH is 3. The molecule has 0 aromatic heterocycles. The van der Waals surface area contributed by atoms with Crippen molar-refractivity contribution in [3.05, 3.63) is 179 Å². The fraction of sp³-hybridized carbons (Fsp3) is 0.532. The summed E-state index contributed by atoms with van der Waals surface area (Å²) in [6.45, 7) is -2.51. The third-order valence-corrected chi connectivity index (χ3v) is 22.6. The van der Waals surface area contributed by atoms with E-state index in [0.29, 0.717) is 98.2 Å². The van der Waals surface area contributed by atoms with Crippen molar-refractivity contribution in [2.75, 3.05) is 137 Å². The van der Waals surface area contributed by atoms with Crippen molar-refractivity contribution in [1.29, 1.82) is 6.29 Å². The van der Waals surface area contributed by atoms with Crippen LogP contribution in [0.15, 0.2) is 161 Å². The summed E-state index contributed by atoms with van der Waals surface area (Å²) >= 11 is 22.9. The number of aliphatic carboxylic acids is 1. The maximum atomic E-state index is 12.7. The summed E-state index contributed by atoms with van der Waals surface area (Å²) in [6.07, 6.45) is -6.37. The van der Waals surface area contributed by atoms with Crippen LogP contribution in [0.4, 0.5) is 0 Å². The number of β-amino-alcohol motifs (C(OH)–C–C–N with tert-alkyl or cyclic N) is 2. The monoisotopic (exact) mass is 2380 g/mol. The van der Waals surface area contributed by atoms with Crippen molar-refractivity contribution in [3.8, 4) is 57.5 Å². The first kappa shape index (κ1) is 92.9. The molecule has 0 bridgehead atoms. The van der Waals surface area contributed by atoms with Crippen molar-refractivity contribution in [2.45, 2.75) is 198 Å². The Hall–Kier alpha value is -5.13. The van der Waals surface area contributed by atoms with Crippen molar-refractivity contribution < 1.29 is 151 Å². The normalized spacial score (nSPS) is 21.6. The topological polar surface area (TPSA) is 373 Å². The van der Waals surface area contributed by atoms with E-state index < -0.39 is 129 Å². The average Bonchev–Trinajstić information content (AvgIpc) is 0.905. The van der Waals surface area contributed by atoms with Crippen molar-refractivity contribution >= 4 is 139 Å². The first-order chi connectivity index (χ1) is 70.1. The molecule has 0 amide bonds. The van der Waals surface area contributed by atoms with E-state index in [-0.39, 0.29) is 85.5 Å². The standard InChI is InChI=1S/C22H28O6S.C20H31NO4.C12H14Cl3NO3.C12H16O4S.C10H12O4.C10H14O3.C4H9NO.C4H10O.ClH.3HI.V.H/c1-25-19-13-12-17(16-22(19)26-2)14-15-27-20-10-6-7-11-21(20)28-29(23,24)18-8-4-3-5-9-18;1-23-19-8-7-15(13-20(19)24-2)10-12-25-18-6-4-3-5-17(18)21-11-9-16(22)14-21;1-17-9-4-3-8(7-10(9)18-2)5-6-19-11(16)12(13,14)15;13-11-8-4-5-9-12(11)16-17(14,15)10-6-2-1-3-7-10;1-13-8-4-3-7(6-10(11)12)5-9(8)14-2;1-12-9-4-3-8(5-6-11)7-10(9)13-2;6-4-1-2-5-3-4;1-3-5-4-2;;;;;;/h3-5,8-9,12-13,16,20-21H,6-7,10-11,14-15H2,1-2H3;7-8,13,16-18,22H,3-6,9-12,14H2,1-2H3;3-4,7,16H,5-6H2,1-2H3;1-3,6-7,11-13H,4-5,8-9H2;3-5H,6H2,1-2H3,(H,11,12);3-4,7,11H,5-6H2,1-2H3;4-6H,1-3H2;3-4H2,1-2H3;4*1H;;/q;;;;;;;;;;;;+3;/p-3/t20-,21+;16-,17-,18-;;11-,12+;;;4-;;;;;;;/m11.1..1......./s1/i14D2,15D2;10D2,12D2;5D2,6D2;;6D2;5D2,6D2;;;;;;;;1+1. The van der Waals surface area contributed by atoms with Gasteiger partial charge < -0.3 is 97.2 Å². The molecule has 0 radical (unpaired) electrons. The number of rotatable bonds is 34. The molecule has 3 saturated carbocycles. The summed E-state index contributed by atoms with van der Waals surface area (Å²) < 4.78 is 278. The van der Waals surface area contributed by atoms with E-state index in [0.717, 1.165) is 71.4 Å². The number of benzene rings is 7. The maximum absolute atomic E-state index is 12.7. The molecule has 7 aromatic rings. The van der Waals surface area contributed by atoms with Crippen molar-refractivity contribution in [1.82, 2.24) is 10.2 Å². The SMILES string of the molecule is CCOCC.Cl.O=S(=O)(O[C@H]1CCCC[C@H]1O)c1ccccc1.O[C@@H]1CCNC1.[2H]C([2H])(C(=O)O)c1ccc(OC)c(OC)c1.[2H]C([2H])(O)C([2H])([2H])c1ccc(OC)c(OC)c1.[2H]C([2H])(OC(=N)C(Cl)(Cl)Cl)C([2H])([2H])c1ccc(OC)c(OC)c1.[2H]C([2H])(O[C@@H]1CCCC[C@@H]1OS(=O)(=O)c1ccccc1)C([2H])([2H])c1ccc(OC)c(OC)c1.[2H]C([2H])(O[C@@H]1CCCC[C@H]1N1CC[C@@H](O)C1)C([2H])([2H])c1ccc(OC)c(OC)c1.[2H][V]([I])([I])[I]. The number of aliphatic hydroxyl groups is 4. The van der Waals surface area contributed by atoms with Crippen LogP contribution in [0.2, 0.25) is 0 Å². The number of carbonyl (C=O) groups is 1. The summed E-state index contributed by atoms with van der Waals surface area (Å²) in [5, 5.41) is 56.6. The van der Waals surface area contributed by atoms with E-state index in [1.54, 1.807) is 42.5 Å². The molecule has 7 aromatic carbocycles. The fourth-order valence-corrected chi connectivity index (χ4v) is 15.3. The molecular formula is C94H136Cl4I3N3O26S2V. The number of nitrogens with one attached hydrogen (secondary N) is 2. The van der Waals surface area contributed by atoms with E-state index in [1.165, 1.54) is 180 Å². The van der Waals surface area contributed by atoms with Gasteiger partial charge in [0, 0.05) is 65.5 Å². The second kappa shape index (κ2) is 68.8. The van der Waals surface area contributed by atoms with Crippen LogP contribution < -0.4 is 52.7 Å². The first-order valence-corrected chi connectivity index (χ1v) is 58.9. The number of carboxylic acids is 1. The van der Waals surface area contributed by atoms with Gasteiger partial charge in [0.2, 0.25) is 5.90 Å². The molecule has 2 heterocycles. The third kappa shape index (κ3) is 47.6. The molecule has 0 spiro atoms. The molecule has 39 heteroatoms. The van der Waals surface area contributed by atoms with Crippen LogP contribution in [0.5, 0.6) is 57.5 Å². The molecule has 749 valence electrons. The van der Waals surface area contributed by atoms with Gasteiger partial charge in [-0.25, -0.2) is 0 Å². The van der Waals surface area contributed by atoms with Gasteiger partial charge in [0.1, 0.15) is 12.2 Å². The average molecular weight is 2380 g/mol. The van der Waals surface area contributed by atoms with E-state index in [1.807, 2.05) is 13.8 Å². The molecule has 8 atom stereocenters. The predicted octanol–water partition coefficient (Wildman–Crippen LogP) is 17.7. The van der Waals surface area contributed by atoms with Crippen LogP contribution >= 0.6 is 107 Å². The van der Waals surface area contributed by atoms with Gasteiger partial charge in [0.05, 0.1) is 148 Å². The summed E-state index contributed by atoms with van der Waals surface area (Å²) in [6, 6.07) is 36.7. The van der Waals surface area contributed by atoms with Gasteiger partial charge in [-0.1, -0.05) is 140 Å². The number of aryl methyl sites for hydroxylation is 4. The molecule has 5 fully saturated rings. The molecule has 5 aliphatic rings. The Morgan fingerprint density at radius 1 is 0.489 bits per heavy atom. The van der Waals surface area contributed by atoms with Gasteiger partial charge in [-0.2, -0.15) is 16.8 Å². The first-order valence-electron chi connectivity index (χ1n) is 50.9. The number of nitrogens with zero attached hydrogens (tertiary/aromatic N) is 1. The molecular weight excluding hydrogens is 2220 g/mol. The summed E-state index contributed by atoms with van der Waals surface area (Å²) in [5.74, 6) is 0.814. The van der Waals surface area contributed by atoms with Crippen LogP contribution in [0, 0.1) is 5.41 Å². The van der Waals surface area contributed by atoms with Crippen molar-refractivity contribution in [3.63, 3.8) is 0 Å². The number of carboxylic acid groups (broad SMARTS) is 1. The van der Waals surface area contributed by atoms with Gasteiger partial charge in [-0.3, -0.25) is 23.5 Å². The van der Waals surface area contributed by atoms with E-state index in [4.69, 9.17) is 146 Å². The van der Waals surface area contributed by atoms with Gasteiger partial charge in [-0.15, -0.1) is 12.4 Å². The van der Waals surface area contributed by atoms with Crippen LogP contribution in [0.25, 0.3) is 0 Å². The van der Waals surface area contributed by atoms with Gasteiger partial charge in [0.15, 0.2) is 57.5 Å². The Bertz CT molecular complexity index is 5570. The number of ether oxygens (including phenoxy) is 14. The Kier molecular flexibility index (Phi) is 48.1. The molecule has 0 unspecified atom stereocenters. The fourth-order valence-electron chi connectivity index (χ4n) is 12.9. The third-order valence-electron chi connectivity index (χ3n) is 19.4. The quantitative estimate of drug-likeness (QED) is 0.00647. The zero-order chi connectivity index (χ0) is 115. The van der Waals surface area contributed by atoms with Crippen LogP contribution in [-0.2, 0) is 89.0 Å². The number of alkyl halides is 3. The van der Waals surface area contributed by atoms with E-state index >= 15 is 0 Å². The van der Waals surface area contributed by atoms with E-state index in [9.17, 15) is 36.9 Å². The molecule has 2 aliphatic heterocycles. The molecule has 2 saturated heterocycles. The zero-order valence-electron chi connectivity index (χ0n) is 94.9. The Labute approximate surface area is 871 Å². The minimum atomic E-state index is -4.08. The second-order valence-corrected chi connectivity index (χ2v) is 69.1. The van der Waals surface area contributed by atoms with Crippen LogP contribution in [0.1, 0.15) is 156 Å². The summed E-state index contributed by atoms with van der Waals surface area (Å²) in [7, 11) is 6.43. The zero-order valence-corrected chi connectivity index (χ0v) is 88.5. The predicted molar refractivity (Wildman–Crippen MR) is 545 cm³/mol. The van der Waals surface area contributed by atoms with Crippen LogP contribution in [-0.4, -0.2) is 249 Å². The molecule has 7 N–H and O–H groups in total. The minimum absolute atomic E-state index is 0. The number of hydrogen-bond acceptors (Lipinski definition) is 28. The number of methoxy groups -OCH3 is 10. The van der Waals surface area contributed by atoms with Gasteiger partial charge in [0.25, 0.3) is 24.0 Å². The number of likely N-dealkylation sites (tertiary alicyclic amines) is 1. The molecule has 133 heavy (non-hydrogen) atoms. The summed E-state index contributed by atoms with van der Waals surface area (Å²) in [5.41, 5.74) is 0.0111. The molecule has 29 nitrogen and oxygen atoms in total. The van der Waals surface area contributed by atoms with Gasteiger partial charge in [-0.05, 0) is 204 Å². The van der Waals surface area contributed by atoms with E-state index in [2.05, 4.69) is 74.9 Å². The van der Waals surface area contributed by atoms with Crippen molar-refractivity contribution in [2.24, 2.45) is 0 Å². The molecule has 3 aliphatic carbocycles. The Morgan fingerprint density at radius 3 is 1.18 bits per heavy atom. The number of hydrogen-bond donors (Lipinski definition) is 7. The second-order valence-electron chi connectivity index (χ2n) is 28.3. The number of halogens is 7. The summed E-state index contributed by atoms with van der Waals surface area (Å²) in [4.78, 5) is 13.0. The molecule has 12 rings (SSSR count). The van der Waals surface area contributed by atoms with Crippen LogP contribution in [0.3, 0.4) is 0 Å².